The third-order valence-corrected chi connectivity index (χ3v) is 9.38. The summed E-state index contributed by atoms with van der Waals surface area (Å²) in [6.07, 6.45) is 4.50. The van der Waals surface area contributed by atoms with E-state index in [9.17, 15) is 14.7 Å². The Bertz CT molecular complexity index is 1390. The van der Waals surface area contributed by atoms with Crippen LogP contribution in [0.4, 0.5) is 0 Å². The summed E-state index contributed by atoms with van der Waals surface area (Å²) in [5.41, 5.74) is 8.87. The number of nitrogens with zero attached hydrogens (tertiary/aromatic N) is 2. The molecule has 7 N–H and O–H groups in total. The van der Waals surface area contributed by atoms with Gasteiger partial charge in [-0.3, -0.25) is 30.2 Å². The van der Waals surface area contributed by atoms with Crippen LogP contribution >= 0.6 is 0 Å². The van der Waals surface area contributed by atoms with Crippen molar-refractivity contribution >= 4 is 17.6 Å². The Morgan fingerprint density at radius 3 is 2.61 bits per heavy atom. The van der Waals surface area contributed by atoms with E-state index in [2.05, 4.69) is 51.3 Å². The van der Waals surface area contributed by atoms with Crippen LogP contribution in [0.3, 0.4) is 0 Å². The van der Waals surface area contributed by atoms with Crippen molar-refractivity contribution < 1.29 is 24.4 Å². The molecule has 1 aromatic heterocycles. The lowest BCUT2D eigenvalue weighted by Gasteiger charge is -2.41. The fourth-order valence-electron chi connectivity index (χ4n) is 6.18. The molecule has 1 aromatic carbocycles. The minimum Gasteiger partial charge on any atom is -0.492 e. The SMILES string of the molecule is C=CNC(C)C([NH+]=C(N)CC)C1(C)C(O)C(NC(=O)c2cccc3c2OCCC3(C)C)CN1C.CNC(=O)Cc1ccc(C)cn1. The maximum Gasteiger partial charge on any atom is 0.255 e. The zero-order valence-electron chi connectivity index (χ0n) is 28.7. The van der Waals surface area contributed by atoms with Gasteiger partial charge in [-0.25, -0.2) is 0 Å². The number of amides is 2. The highest BCUT2D eigenvalue weighted by Crippen LogP contribution is 2.40. The van der Waals surface area contributed by atoms with Gasteiger partial charge in [0.15, 0.2) is 0 Å². The number of aromatic nitrogens is 1. The predicted molar refractivity (Wildman–Crippen MR) is 182 cm³/mol. The van der Waals surface area contributed by atoms with E-state index in [4.69, 9.17) is 10.5 Å². The number of benzene rings is 1. The molecule has 0 radical (unpaired) electrons. The molecule has 2 aliphatic rings. The molecule has 0 spiro atoms. The molecule has 0 aliphatic carbocycles. The number of aryl methyl sites for hydroxylation is 1. The molecule has 46 heavy (non-hydrogen) atoms. The molecule has 1 fully saturated rings. The van der Waals surface area contributed by atoms with Gasteiger partial charge in [0.2, 0.25) is 11.7 Å². The second-order valence-corrected chi connectivity index (χ2v) is 13.1. The Hall–Kier alpha value is -3.96. The predicted octanol–water partition coefficient (Wildman–Crippen LogP) is 0.927. The van der Waals surface area contributed by atoms with Gasteiger partial charge < -0.3 is 25.8 Å². The van der Waals surface area contributed by atoms with E-state index in [0.29, 0.717) is 43.1 Å². The molecule has 252 valence electrons. The average molecular weight is 637 g/mol. The lowest BCUT2D eigenvalue weighted by atomic mass is 9.79. The monoisotopic (exact) mass is 636 g/mol. The van der Waals surface area contributed by atoms with Crippen molar-refractivity contribution in [3.63, 3.8) is 0 Å². The second kappa shape index (κ2) is 15.6. The summed E-state index contributed by atoms with van der Waals surface area (Å²) in [5.74, 6) is 1.05. The van der Waals surface area contributed by atoms with Crippen LogP contribution < -0.4 is 31.4 Å². The molecule has 11 nitrogen and oxygen atoms in total. The Morgan fingerprint density at radius 2 is 2.00 bits per heavy atom. The number of likely N-dealkylation sites (N-methyl/N-ethyl adjacent to an activating group) is 2. The van der Waals surface area contributed by atoms with Crippen LogP contribution in [-0.2, 0) is 16.6 Å². The Balaban J connectivity index is 0.000000402. The highest BCUT2D eigenvalue weighted by atomic mass is 16.5. The highest BCUT2D eigenvalue weighted by molar-refractivity contribution is 5.98. The molecule has 2 amide bonds. The number of hydrogen-bond acceptors (Lipinski definition) is 7. The number of fused-ring (bicyclic) bond motifs is 1. The number of aliphatic hydroxyl groups is 1. The van der Waals surface area contributed by atoms with Gasteiger partial charge in [0.1, 0.15) is 11.8 Å². The van der Waals surface area contributed by atoms with Crippen LogP contribution in [0.25, 0.3) is 0 Å². The summed E-state index contributed by atoms with van der Waals surface area (Å²) in [6, 6.07) is 8.76. The molecule has 3 heterocycles. The highest BCUT2D eigenvalue weighted by Gasteiger charge is 2.56. The normalized spacial score (nSPS) is 23.5. The zero-order valence-corrected chi connectivity index (χ0v) is 28.7. The lowest BCUT2D eigenvalue weighted by molar-refractivity contribution is -0.529. The largest absolute Gasteiger partial charge is 0.492 e. The minimum absolute atomic E-state index is 0.00801. The van der Waals surface area contributed by atoms with Gasteiger partial charge in [0.05, 0.1) is 42.3 Å². The van der Waals surface area contributed by atoms with E-state index in [-0.39, 0.29) is 29.3 Å². The van der Waals surface area contributed by atoms with Gasteiger partial charge in [0, 0.05) is 37.5 Å². The van der Waals surface area contributed by atoms with Crippen LogP contribution in [0, 0.1) is 6.92 Å². The maximum absolute atomic E-state index is 13.4. The number of nitrogens with two attached hydrogens (primary N) is 1. The van der Waals surface area contributed by atoms with Crippen LogP contribution in [0.1, 0.15) is 74.6 Å². The van der Waals surface area contributed by atoms with E-state index in [1.165, 1.54) is 0 Å². The fourth-order valence-corrected chi connectivity index (χ4v) is 6.18. The summed E-state index contributed by atoms with van der Waals surface area (Å²) < 4.78 is 5.94. The number of amidine groups is 1. The molecular formula is C35H54N7O4+. The molecule has 2 aromatic rings. The van der Waals surface area contributed by atoms with Crippen LogP contribution in [0.15, 0.2) is 49.3 Å². The first-order valence-electron chi connectivity index (χ1n) is 16.0. The summed E-state index contributed by atoms with van der Waals surface area (Å²) in [6.45, 7) is 17.2. The van der Waals surface area contributed by atoms with Crippen molar-refractivity contribution in [2.24, 2.45) is 5.73 Å². The third-order valence-electron chi connectivity index (χ3n) is 9.38. The molecular weight excluding hydrogens is 582 g/mol. The van der Waals surface area contributed by atoms with Crippen molar-refractivity contribution in [2.75, 3.05) is 27.2 Å². The third kappa shape index (κ3) is 8.24. The van der Waals surface area contributed by atoms with Crippen molar-refractivity contribution in [3.8, 4) is 5.75 Å². The average Bonchev–Trinajstić information content (AvgIpc) is 3.24. The summed E-state index contributed by atoms with van der Waals surface area (Å²) in [5, 5.41) is 20.4. The number of carbonyl (C=O) groups is 2. The summed E-state index contributed by atoms with van der Waals surface area (Å²) in [4.78, 5) is 33.9. The molecule has 5 unspecified atom stereocenters. The first-order valence-corrected chi connectivity index (χ1v) is 16.0. The van der Waals surface area contributed by atoms with Gasteiger partial charge in [-0.05, 0) is 63.6 Å². The zero-order chi connectivity index (χ0) is 34.2. The molecule has 2 aliphatic heterocycles. The lowest BCUT2D eigenvalue weighted by Crippen LogP contribution is -2.92. The van der Waals surface area contributed by atoms with Crippen LogP contribution in [-0.4, -0.2) is 89.7 Å². The topological polar surface area (TPSA) is 156 Å². The first kappa shape index (κ1) is 36.5. The number of pyridine rings is 1. The number of para-hydroxylation sites is 1. The van der Waals surface area contributed by atoms with E-state index in [0.717, 1.165) is 23.2 Å². The molecule has 5 atom stereocenters. The first-order chi connectivity index (χ1) is 21.7. The molecule has 0 saturated carbocycles. The van der Waals surface area contributed by atoms with E-state index >= 15 is 0 Å². The van der Waals surface area contributed by atoms with Crippen molar-refractivity contribution in [3.05, 3.63) is 71.7 Å². The van der Waals surface area contributed by atoms with Crippen molar-refractivity contribution in [1.82, 2.24) is 25.8 Å². The summed E-state index contributed by atoms with van der Waals surface area (Å²) >= 11 is 0. The molecule has 11 heteroatoms. The minimum atomic E-state index is -0.838. The van der Waals surface area contributed by atoms with E-state index in [1.807, 2.05) is 59.0 Å². The van der Waals surface area contributed by atoms with Crippen molar-refractivity contribution in [1.29, 1.82) is 0 Å². The second-order valence-electron chi connectivity index (χ2n) is 13.1. The van der Waals surface area contributed by atoms with Crippen LogP contribution in [0.5, 0.6) is 5.75 Å². The van der Waals surface area contributed by atoms with E-state index < -0.39 is 17.7 Å². The van der Waals surface area contributed by atoms with Crippen molar-refractivity contribution in [2.45, 2.75) is 96.0 Å². The summed E-state index contributed by atoms with van der Waals surface area (Å²) in [7, 11) is 3.58. The maximum atomic E-state index is 13.4. The molecule has 4 rings (SSSR count). The molecule has 0 bridgehead atoms. The number of hydrogen-bond donors (Lipinski definition) is 6. The Morgan fingerprint density at radius 1 is 1.28 bits per heavy atom. The smallest absolute Gasteiger partial charge is 0.255 e. The van der Waals surface area contributed by atoms with Gasteiger partial charge in [-0.1, -0.05) is 45.5 Å². The van der Waals surface area contributed by atoms with Gasteiger partial charge in [0.25, 0.3) is 5.91 Å². The Kier molecular flexibility index (Phi) is 12.3. The fraction of sp³-hybridized carbons (Fsp3) is 0.543. The van der Waals surface area contributed by atoms with Gasteiger partial charge in [-0.2, -0.15) is 0 Å². The Labute approximate surface area is 274 Å². The van der Waals surface area contributed by atoms with Gasteiger partial charge >= 0.3 is 0 Å². The number of nitrogens with one attached hydrogen (secondary N) is 4. The van der Waals surface area contributed by atoms with E-state index in [1.54, 1.807) is 25.5 Å². The quantitative estimate of drug-likeness (QED) is 0.166. The number of likely N-dealkylation sites (tertiary alicyclic amines) is 1. The van der Waals surface area contributed by atoms with Crippen LogP contribution in [0.2, 0.25) is 0 Å². The standard InChI is InChI=1S/C26H41N5O3.C9H12N2O/c1-8-20(27)30-22(16(3)28-9-2)26(6)23(32)19(15-31(26)7)29-24(33)17-11-10-12-18-21(17)34-14-13-25(18,4)5;1-7-3-4-8(11-6-7)5-9(12)10-2/h9-12,16,19,22-23,28,32H,2,8,13-15H2,1,3-7H3,(H2,27,30)(H,29,33);3-4,6H,5H2,1-2H3,(H,10,12)/p+1. The molecule has 1 saturated heterocycles. The number of carbonyl (C=O) groups excluding carboxylic acids is 2. The number of ether oxygens (including phenoxy) is 1. The van der Waals surface area contributed by atoms with Gasteiger partial charge in [-0.15, -0.1) is 0 Å². The number of aliphatic hydroxyl groups excluding tert-OH is 1. The number of rotatable bonds is 10.